The van der Waals surface area contributed by atoms with Gasteiger partial charge in [-0.15, -0.1) is 24.8 Å². The van der Waals surface area contributed by atoms with E-state index in [-0.39, 0.29) is 35.7 Å². The van der Waals surface area contributed by atoms with Crippen LogP contribution in [0, 0.1) is 0 Å². The molecule has 0 spiro atoms. The second-order valence-electron chi connectivity index (χ2n) is 8.58. The zero-order valence-electron chi connectivity index (χ0n) is 20.5. The molecule has 3 aromatic carbocycles. The Morgan fingerprint density at radius 1 is 0.744 bits per heavy atom. The normalized spacial score (nSPS) is 10.7. The van der Waals surface area contributed by atoms with Crippen molar-refractivity contribution in [2.45, 2.75) is 13.0 Å². The zero-order chi connectivity index (χ0) is 25.9. The first-order valence-corrected chi connectivity index (χ1v) is 12.9. The van der Waals surface area contributed by atoms with Gasteiger partial charge in [0.15, 0.2) is 10.9 Å². The second kappa shape index (κ2) is 13.6. The maximum absolute atomic E-state index is 12.9. The first kappa shape index (κ1) is 30.8. The summed E-state index contributed by atoms with van der Waals surface area (Å²) in [4.78, 5) is 25.4. The summed E-state index contributed by atoms with van der Waals surface area (Å²) in [6, 6.07) is 21.4. The van der Waals surface area contributed by atoms with E-state index in [0.717, 1.165) is 23.0 Å². The number of pyridine rings is 2. The first-order chi connectivity index (χ1) is 17.9. The lowest BCUT2D eigenvalue weighted by molar-refractivity contribution is 0.656. The molecule has 2 aromatic heterocycles. The van der Waals surface area contributed by atoms with Gasteiger partial charge in [-0.3, -0.25) is 14.3 Å². The fraction of sp³-hybridized carbons (Fsp3) is 0.143. The lowest BCUT2D eigenvalue weighted by Gasteiger charge is -2.22. The average Bonchev–Trinajstić information content (AvgIpc) is 2.90. The maximum Gasteiger partial charge on any atom is 0.191 e. The summed E-state index contributed by atoms with van der Waals surface area (Å²) in [6.07, 6.45) is 2.51. The van der Waals surface area contributed by atoms with E-state index in [1.54, 1.807) is 36.5 Å². The van der Waals surface area contributed by atoms with E-state index < -0.39 is 0 Å². The van der Waals surface area contributed by atoms with E-state index in [9.17, 15) is 9.59 Å². The summed E-state index contributed by atoms with van der Waals surface area (Å²) in [5, 5.41) is 9.41. The van der Waals surface area contributed by atoms with Crippen LogP contribution in [0.5, 0.6) is 0 Å². The highest BCUT2D eigenvalue weighted by Crippen LogP contribution is 2.29. The largest absolute Gasteiger partial charge is 0.370 e. The number of hydrogen-bond acceptors (Lipinski definition) is 4. The van der Waals surface area contributed by atoms with Crippen molar-refractivity contribution in [2.24, 2.45) is 0 Å². The minimum absolute atomic E-state index is 0. The van der Waals surface area contributed by atoms with Crippen LogP contribution < -0.4 is 21.5 Å². The predicted octanol–water partition coefficient (Wildman–Crippen LogP) is 7.02. The molecule has 0 saturated heterocycles. The Morgan fingerprint density at radius 2 is 1.41 bits per heavy atom. The molecule has 0 radical (unpaired) electrons. The Kier molecular flexibility index (Phi) is 10.7. The van der Waals surface area contributed by atoms with Crippen molar-refractivity contribution < 1.29 is 0 Å². The van der Waals surface area contributed by atoms with Crippen LogP contribution in [0.3, 0.4) is 0 Å². The molecule has 5 aromatic rings. The monoisotopic (exact) mass is 624 g/mol. The van der Waals surface area contributed by atoms with Crippen LogP contribution in [0.1, 0.15) is 12.0 Å². The van der Waals surface area contributed by atoms with Gasteiger partial charge < -0.3 is 10.6 Å². The topological polar surface area (TPSA) is 68.1 Å². The molecule has 11 heteroatoms. The minimum atomic E-state index is -0.0784. The summed E-state index contributed by atoms with van der Waals surface area (Å²) in [6.45, 7) is 1.84. The minimum Gasteiger partial charge on any atom is -0.370 e. The van der Waals surface area contributed by atoms with Gasteiger partial charge in [0.2, 0.25) is 0 Å². The summed E-state index contributed by atoms with van der Waals surface area (Å²) in [5.41, 5.74) is 2.17. The number of hydrogen-bond donors (Lipinski definition) is 2. The Bertz CT molecular complexity index is 1740. The van der Waals surface area contributed by atoms with E-state index in [1.165, 1.54) is 6.07 Å². The number of aromatic nitrogens is 2. The molecular formula is C28H25Cl5N4O2. The molecule has 0 unspecified atom stereocenters. The summed E-state index contributed by atoms with van der Waals surface area (Å²) < 4.78 is 3.82. The van der Waals surface area contributed by atoms with Gasteiger partial charge in [-0.1, -0.05) is 59.1 Å². The van der Waals surface area contributed by atoms with Crippen LogP contribution in [0.15, 0.2) is 88.6 Å². The third-order valence-electron chi connectivity index (χ3n) is 6.11. The number of nitrogens with zero attached hydrogens (tertiary/aromatic N) is 2. The Balaban J connectivity index is 0.00000210. The molecule has 0 fully saturated rings. The number of halogens is 5. The third kappa shape index (κ3) is 6.55. The highest BCUT2D eigenvalue weighted by Gasteiger charge is 2.13. The molecule has 39 heavy (non-hydrogen) atoms. The zero-order valence-corrected chi connectivity index (χ0v) is 24.4. The predicted molar refractivity (Wildman–Crippen MR) is 168 cm³/mol. The summed E-state index contributed by atoms with van der Waals surface area (Å²) in [5.74, 6) is 0.627. The molecule has 204 valence electrons. The van der Waals surface area contributed by atoms with Gasteiger partial charge in [0, 0.05) is 47.2 Å². The summed E-state index contributed by atoms with van der Waals surface area (Å²) >= 11 is 18.5. The quantitative estimate of drug-likeness (QED) is 0.144. The second-order valence-corrected chi connectivity index (χ2v) is 9.80. The number of para-hydroxylation sites is 2. The fourth-order valence-corrected chi connectivity index (χ4v) is 5.08. The van der Waals surface area contributed by atoms with Crippen molar-refractivity contribution in [2.75, 3.05) is 18.4 Å². The van der Waals surface area contributed by atoms with Crippen molar-refractivity contribution in [3.8, 4) is 0 Å². The summed E-state index contributed by atoms with van der Waals surface area (Å²) in [7, 11) is 0. The Morgan fingerprint density at radius 3 is 2.15 bits per heavy atom. The lowest BCUT2D eigenvalue weighted by Crippen LogP contribution is -2.23. The first-order valence-electron chi connectivity index (χ1n) is 11.8. The number of fused-ring (bicyclic) bond motifs is 2. The standard InChI is InChI=1S/C28H23Cl3N4O2.2ClH/c29-19-14-18(28(31)22(30)15-19)17-32-11-5-12-33-27-16-26(37)21-7-2-4-9-24(21)35(27)34-13-10-25(36)20-6-1-3-8-23(20)34;;/h1-4,6-10,13-16,32-33H,5,11-12,17H2;2*1H. The molecule has 2 N–H and O–H groups in total. The fourth-order valence-electron chi connectivity index (χ4n) is 4.37. The van der Waals surface area contributed by atoms with E-state index in [1.807, 2.05) is 45.8 Å². The van der Waals surface area contributed by atoms with Crippen LogP contribution in [0.4, 0.5) is 5.82 Å². The number of anilines is 1. The van der Waals surface area contributed by atoms with Crippen molar-refractivity contribution in [1.82, 2.24) is 14.7 Å². The molecule has 0 amide bonds. The van der Waals surface area contributed by atoms with E-state index in [4.69, 9.17) is 34.8 Å². The van der Waals surface area contributed by atoms with Crippen LogP contribution in [-0.2, 0) is 6.54 Å². The molecular weight excluding hydrogens is 602 g/mol. The number of nitrogens with one attached hydrogen (secondary N) is 2. The van der Waals surface area contributed by atoms with Crippen LogP contribution in [0.25, 0.3) is 21.8 Å². The molecule has 0 bridgehead atoms. The molecule has 0 atom stereocenters. The number of benzene rings is 3. The number of rotatable bonds is 8. The average molecular weight is 627 g/mol. The molecule has 0 aliphatic carbocycles. The SMILES string of the molecule is Cl.Cl.O=c1ccn(-n2c(NCCCNCc3cc(Cl)cc(Cl)c3Cl)cc(=O)c3ccccc32)c2ccccc12. The molecule has 2 heterocycles. The van der Waals surface area contributed by atoms with Gasteiger partial charge in [0.1, 0.15) is 5.82 Å². The van der Waals surface area contributed by atoms with Crippen molar-refractivity contribution in [1.29, 1.82) is 0 Å². The van der Waals surface area contributed by atoms with Crippen molar-refractivity contribution >= 4 is 87.2 Å². The van der Waals surface area contributed by atoms with Gasteiger partial charge >= 0.3 is 0 Å². The van der Waals surface area contributed by atoms with E-state index >= 15 is 0 Å². The maximum atomic E-state index is 12.9. The third-order valence-corrected chi connectivity index (χ3v) is 7.17. The molecule has 0 aliphatic heterocycles. The van der Waals surface area contributed by atoms with E-state index in [2.05, 4.69) is 10.6 Å². The van der Waals surface area contributed by atoms with Gasteiger partial charge in [0.05, 0.1) is 21.1 Å². The smallest absolute Gasteiger partial charge is 0.191 e. The highest BCUT2D eigenvalue weighted by molar-refractivity contribution is 6.43. The van der Waals surface area contributed by atoms with Crippen LogP contribution >= 0.6 is 59.6 Å². The molecule has 0 saturated carbocycles. The van der Waals surface area contributed by atoms with Crippen molar-refractivity contribution in [3.63, 3.8) is 0 Å². The van der Waals surface area contributed by atoms with Gasteiger partial charge in [-0.25, -0.2) is 4.68 Å². The van der Waals surface area contributed by atoms with Crippen molar-refractivity contribution in [3.05, 3.63) is 120 Å². The van der Waals surface area contributed by atoms with Gasteiger partial charge in [-0.05, 0) is 54.9 Å². The molecule has 0 aliphatic rings. The van der Waals surface area contributed by atoms with Gasteiger partial charge in [0.25, 0.3) is 0 Å². The molecule has 5 rings (SSSR count). The lowest BCUT2D eigenvalue weighted by atomic mass is 10.2. The van der Waals surface area contributed by atoms with Crippen LogP contribution in [0.2, 0.25) is 15.1 Å². The Hall–Kier alpha value is -2.71. The Labute approximate surface area is 252 Å². The molecule has 6 nitrogen and oxygen atoms in total. The van der Waals surface area contributed by atoms with Gasteiger partial charge in [-0.2, -0.15) is 0 Å². The highest BCUT2D eigenvalue weighted by atomic mass is 35.5. The van der Waals surface area contributed by atoms with Crippen LogP contribution in [-0.4, -0.2) is 22.4 Å². The van der Waals surface area contributed by atoms with E-state index in [0.29, 0.717) is 51.3 Å².